The molecule has 2 atom stereocenters. The van der Waals surface area contributed by atoms with Crippen molar-refractivity contribution in [1.29, 1.82) is 0 Å². The smallest absolute Gasteiger partial charge is 0.321 e. The van der Waals surface area contributed by atoms with Gasteiger partial charge in [0.15, 0.2) is 9.84 Å². The molecule has 1 aromatic rings. The Morgan fingerprint density at radius 2 is 1.88 bits per heavy atom. The summed E-state index contributed by atoms with van der Waals surface area (Å²) >= 11 is 0. The van der Waals surface area contributed by atoms with Crippen LogP contribution in [0.4, 0.5) is 10.5 Å². The maximum absolute atomic E-state index is 12.4. The zero-order valence-electron chi connectivity index (χ0n) is 16.2. The number of benzene rings is 1. The van der Waals surface area contributed by atoms with E-state index in [0.717, 1.165) is 0 Å². The lowest BCUT2D eigenvalue weighted by Crippen LogP contribution is -2.35. The molecule has 2 unspecified atom stereocenters. The van der Waals surface area contributed by atoms with Gasteiger partial charge in [-0.1, -0.05) is 26.0 Å². The van der Waals surface area contributed by atoms with Crippen LogP contribution in [-0.2, 0) is 15.6 Å². The number of rotatable bonds is 4. The van der Waals surface area contributed by atoms with E-state index in [2.05, 4.69) is 5.32 Å². The van der Waals surface area contributed by atoms with Crippen LogP contribution >= 0.6 is 0 Å². The van der Waals surface area contributed by atoms with Crippen molar-refractivity contribution in [2.75, 3.05) is 25.0 Å². The first kappa shape index (κ1) is 20.7. The number of anilines is 1. The maximum Gasteiger partial charge on any atom is 0.321 e. The lowest BCUT2D eigenvalue weighted by Gasteiger charge is -2.25. The molecule has 2 rings (SSSR count). The molecule has 1 aliphatic heterocycles. The normalized spacial score (nSPS) is 23.9. The predicted molar refractivity (Wildman–Crippen MR) is 104 cm³/mol. The second-order valence-corrected chi connectivity index (χ2v) is 11.3. The van der Waals surface area contributed by atoms with Gasteiger partial charge in [0.1, 0.15) is 0 Å². The summed E-state index contributed by atoms with van der Waals surface area (Å²) in [5.74, 6) is 0.201. The third-order valence-corrected chi connectivity index (χ3v) is 7.96. The van der Waals surface area contributed by atoms with Crippen LogP contribution in [0.2, 0.25) is 0 Å². The molecule has 0 radical (unpaired) electrons. The molecule has 1 fully saturated rings. The van der Waals surface area contributed by atoms with Gasteiger partial charge in [-0.3, -0.25) is 0 Å². The molecule has 1 aliphatic rings. The maximum atomic E-state index is 12.4. The van der Waals surface area contributed by atoms with Gasteiger partial charge in [-0.2, -0.15) is 0 Å². The number of likely N-dealkylation sites (tertiary alicyclic amines) is 1. The number of aliphatic hydroxyl groups excluding tert-OH is 1. The summed E-state index contributed by atoms with van der Waals surface area (Å²) in [4.78, 5) is 14.2. The average molecular weight is 383 g/mol. The minimum Gasteiger partial charge on any atom is -0.396 e. The fraction of sp³-hybridized carbons (Fsp3) is 0.632. The minimum atomic E-state index is -3.24. The number of nitrogens with zero attached hydrogens (tertiary/aromatic N) is 1. The number of hydrogen-bond donors (Lipinski definition) is 2. The molecule has 0 bridgehead atoms. The first-order valence-corrected chi connectivity index (χ1v) is 10.5. The number of aliphatic hydroxyl groups is 1. The highest BCUT2D eigenvalue weighted by atomic mass is 32.2. The van der Waals surface area contributed by atoms with E-state index in [4.69, 9.17) is 0 Å². The minimum absolute atomic E-state index is 0.0246. The fourth-order valence-corrected chi connectivity index (χ4v) is 3.95. The Labute approximate surface area is 156 Å². The van der Waals surface area contributed by atoms with E-state index in [1.807, 2.05) is 13.8 Å². The van der Waals surface area contributed by atoms with Crippen LogP contribution < -0.4 is 5.32 Å². The lowest BCUT2D eigenvalue weighted by molar-refractivity contribution is 0.119. The number of urea groups is 1. The summed E-state index contributed by atoms with van der Waals surface area (Å²) in [5.41, 5.74) is 1.04. The Morgan fingerprint density at radius 1 is 1.31 bits per heavy atom. The van der Waals surface area contributed by atoms with Crippen LogP contribution in [0.25, 0.3) is 0 Å². The fourth-order valence-electron chi connectivity index (χ4n) is 2.89. The van der Waals surface area contributed by atoms with E-state index < -0.39 is 14.6 Å². The van der Waals surface area contributed by atoms with Crippen LogP contribution in [0.1, 0.15) is 40.2 Å². The summed E-state index contributed by atoms with van der Waals surface area (Å²) in [7, 11) is -3.24. The Bertz CT molecular complexity index is 753. The van der Waals surface area contributed by atoms with Crippen LogP contribution in [-0.4, -0.2) is 48.9 Å². The van der Waals surface area contributed by atoms with Crippen LogP contribution in [0.5, 0.6) is 0 Å². The van der Waals surface area contributed by atoms with Crippen molar-refractivity contribution >= 4 is 21.6 Å². The number of nitrogens with one attached hydrogen (secondary N) is 1. The van der Waals surface area contributed by atoms with Crippen molar-refractivity contribution in [3.05, 3.63) is 29.8 Å². The summed E-state index contributed by atoms with van der Waals surface area (Å²) in [6, 6.07) is 6.68. The number of carbonyl (C=O) groups is 1. The third kappa shape index (κ3) is 4.38. The van der Waals surface area contributed by atoms with Gasteiger partial charge >= 0.3 is 6.03 Å². The van der Waals surface area contributed by atoms with Gasteiger partial charge in [-0.05, 0) is 44.4 Å². The molecule has 7 heteroatoms. The first-order valence-electron chi connectivity index (χ1n) is 8.86. The molecule has 0 saturated carbocycles. The molecule has 0 aromatic heterocycles. The SMILES string of the molecule is CC1CN(C(=O)Nc2ccc(CS(=O)(=O)C(C)(C)C)cc2)CC1(C)CO. The van der Waals surface area contributed by atoms with E-state index in [1.54, 1.807) is 49.9 Å². The standard InChI is InChI=1S/C19H30N2O4S/c1-14-10-21(12-19(14,5)13-22)17(23)20-16-8-6-15(7-9-16)11-26(24,25)18(2,3)4/h6-9,14,22H,10-13H2,1-5H3,(H,20,23). The summed E-state index contributed by atoms with van der Waals surface area (Å²) in [6.45, 7) is 10.2. The zero-order chi connectivity index (χ0) is 19.8. The highest BCUT2D eigenvalue weighted by Gasteiger charge is 2.41. The van der Waals surface area contributed by atoms with Gasteiger partial charge in [-0.15, -0.1) is 0 Å². The molecule has 1 heterocycles. The third-order valence-electron chi connectivity index (χ3n) is 5.38. The monoisotopic (exact) mass is 382 g/mol. The van der Waals surface area contributed by atoms with Gasteiger partial charge in [0.25, 0.3) is 0 Å². The molecule has 146 valence electrons. The van der Waals surface area contributed by atoms with Gasteiger partial charge < -0.3 is 15.3 Å². The topological polar surface area (TPSA) is 86.7 Å². The summed E-state index contributed by atoms with van der Waals surface area (Å²) < 4.78 is 23.8. The van der Waals surface area contributed by atoms with Gasteiger partial charge in [0.2, 0.25) is 0 Å². The molecule has 0 spiro atoms. The van der Waals surface area contributed by atoms with Crippen LogP contribution in [0.3, 0.4) is 0 Å². The molecular formula is C19H30N2O4S. The Morgan fingerprint density at radius 3 is 2.35 bits per heavy atom. The first-order chi connectivity index (χ1) is 11.9. The van der Waals surface area contributed by atoms with Crippen molar-refractivity contribution < 1.29 is 18.3 Å². The van der Waals surface area contributed by atoms with E-state index in [1.165, 1.54) is 0 Å². The summed E-state index contributed by atoms with van der Waals surface area (Å²) in [6.07, 6.45) is 0. The molecule has 26 heavy (non-hydrogen) atoms. The van der Waals surface area contributed by atoms with Gasteiger partial charge in [0, 0.05) is 24.2 Å². The molecule has 2 N–H and O–H groups in total. The zero-order valence-corrected chi connectivity index (χ0v) is 17.1. The van der Waals surface area contributed by atoms with Crippen molar-refractivity contribution in [2.45, 2.75) is 45.1 Å². The number of sulfone groups is 1. The van der Waals surface area contributed by atoms with Crippen molar-refractivity contribution in [1.82, 2.24) is 4.90 Å². The molecule has 2 amide bonds. The molecule has 1 saturated heterocycles. The molecule has 0 aliphatic carbocycles. The predicted octanol–water partition coefficient (Wildman–Crippen LogP) is 2.88. The second-order valence-electron chi connectivity index (χ2n) is 8.59. The Kier molecular flexibility index (Phi) is 5.73. The average Bonchev–Trinajstić information content (AvgIpc) is 2.84. The largest absolute Gasteiger partial charge is 0.396 e. The Hall–Kier alpha value is -1.60. The van der Waals surface area contributed by atoms with Crippen LogP contribution in [0, 0.1) is 11.3 Å². The van der Waals surface area contributed by atoms with E-state index in [-0.39, 0.29) is 29.7 Å². The molecule has 1 aromatic carbocycles. The number of amides is 2. The number of carbonyl (C=O) groups excluding carboxylic acids is 1. The van der Waals surface area contributed by atoms with Crippen LogP contribution in [0.15, 0.2) is 24.3 Å². The highest BCUT2D eigenvalue weighted by molar-refractivity contribution is 7.91. The summed E-state index contributed by atoms with van der Waals surface area (Å²) in [5, 5.41) is 12.4. The van der Waals surface area contributed by atoms with Gasteiger partial charge in [-0.25, -0.2) is 13.2 Å². The van der Waals surface area contributed by atoms with Gasteiger partial charge in [0.05, 0.1) is 17.1 Å². The van der Waals surface area contributed by atoms with Crippen molar-refractivity contribution in [2.24, 2.45) is 11.3 Å². The second kappa shape index (κ2) is 7.19. The van der Waals surface area contributed by atoms with Crippen molar-refractivity contribution in [3.63, 3.8) is 0 Å². The van der Waals surface area contributed by atoms with E-state index in [9.17, 15) is 18.3 Å². The Balaban J connectivity index is 2.01. The van der Waals surface area contributed by atoms with E-state index in [0.29, 0.717) is 24.3 Å². The molecule has 6 nitrogen and oxygen atoms in total. The molecular weight excluding hydrogens is 352 g/mol. The number of hydrogen-bond acceptors (Lipinski definition) is 4. The quantitative estimate of drug-likeness (QED) is 0.838. The highest BCUT2D eigenvalue weighted by Crippen LogP contribution is 2.35. The van der Waals surface area contributed by atoms with E-state index >= 15 is 0 Å². The lowest BCUT2D eigenvalue weighted by atomic mass is 9.82. The van der Waals surface area contributed by atoms with Crippen molar-refractivity contribution in [3.8, 4) is 0 Å².